The molecule has 0 bridgehead atoms. The standard InChI is InChI=1S/C17H20N2O2.C12H9NO2/c1-17(2,3)21-16(20)19-15-10-9-13(11-14(15)18)12-7-5-4-6-8-12;14-12(15)10-4-1-3-9(7-10)11-5-2-6-13-8-11/h4-11H,18H2,1-3H3,(H,19,20);1-8H,(H,14,15). The molecule has 0 radical (unpaired) electrons. The average molecular weight is 484 g/mol. The second kappa shape index (κ2) is 11.7. The van der Waals surface area contributed by atoms with Crippen LogP contribution in [0.25, 0.3) is 22.3 Å². The molecule has 1 aromatic heterocycles. The molecule has 4 aromatic rings. The summed E-state index contributed by atoms with van der Waals surface area (Å²) in [5.41, 5.74) is 10.7. The molecular weight excluding hydrogens is 454 g/mol. The summed E-state index contributed by atoms with van der Waals surface area (Å²) >= 11 is 0. The van der Waals surface area contributed by atoms with Gasteiger partial charge >= 0.3 is 12.1 Å². The van der Waals surface area contributed by atoms with Crippen molar-refractivity contribution in [2.45, 2.75) is 26.4 Å². The van der Waals surface area contributed by atoms with Gasteiger partial charge in [-0.3, -0.25) is 10.3 Å². The molecule has 0 fully saturated rings. The van der Waals surface area contributed by atoms with Gasteiger partial charge in [-0.1, -0.05) is 54.6 Å². The minimum atomic E-state index is -0.916. The van der Waals surface area contributed by atoms with E-state index in [1.54, 1.807) is 36.7 Å². The Balaban J connectivity index is 0.000000212. The van der Waals surface area contributed by atoms with E-state index in [0.717, 1.165) is 22.3 Å². The van der Waals surface area contributed by atoms with Crippen LogP contribution in [0.4, 0.5) is 16.2 Å². The number of aromatic carboxylic acids is 1. The van der Waals surface area contributed by atoms with E-state index in [0.29, 0.717) is 11.4 Å². The molecule has 0 saturated heterocycles. The molecule has 0 unspecified atom stereocenters. The Hall–Kier alpha value is -4.65. The molecule has 0 aliphatic heterocycles. The summed E-state index contributed by atoms with van der Waals surface area (Å²) < 4.78 is 5.21. The van der Waals surface area contributed by atoms with Gasteiger partial charge in [-0.2, -0.15) is 0 Å². The summed E-state index contributed by atoms with van der Waals surface area (Å²) in [6, 6.07) is 26.0. The van der Waals surface area contributed by atoms with Crippen LogP contribution in [0.1, 0.15) is 31.1 Å². The number of pyridine rings is 1. The monoisotopic (exact) mass is 483 g/mol. The molecule has 36 heavy (non-hydrogen) atoms. The number of ether oxygens (including phenoxy) is 1. The Labute approximate surface area is 210 Å². The highest BCUT2D eigenvalue weighted by molar-refractivity contribution is 5.90. The lowest BCUT2D eigenvalue weighted by Crippen LogP contribution is -2.27. The summed E-state index contributed by atoms with van der Waals surface area (Å²) in [7, 11) is 0. The van der Waals surface area contributed by atoms with E-state index in [-0.39, 0.29) is 5.56 Å². The fourth-order valence-electron chi connectivity index (χ4n) is 3.27. The molecule has 7 nitrogen and oxygen atoms in total. The highest BCUT2D eigenvalue weighted by atomic mass is 16.6. The summed E-state index contributed by atoms with van der Waals surface area (Å²) in [6.45, 7) is 5.44. The number of rotatable bonds is 4. The topological polar surface area (TPSA) is 115 Å². The normalized spacial score (nSPS) is 10.5. The van der Waals surface area contributed by atoms with Crippen LogP contribution < -0.4 is 11.1 Å². The Bertz CT molecular complexity index is 1320. The maximum atomic E-state index is 11.7. The van der Waals surface area contributed by atoms with Gasteiger partial charge in [0, 0.05) is 18.0 Å². The predicted octanol–water partition coefficient (Wildman–Crippen LogP) is 6.73. The van der Waals surface area contributed by atoms with Gasteiger partial charge in [-0.15, -0.1) is 0 Å². The van der Waals surface area contributed by atoms with E-state index in [1.807, 2.05) is 81.4 Å². The quantitative estimate of drug-likeness (QED) is 0.277. The molecule has 3 aromatic carbocycles. The van der Waals surface area contributed by atoms with Crippen molar-refractivity contribution in [1.82, 2.24) is 4.98 Å². The first kappa shape index (κ1) is 26.0. The zero-order valence-electron chi connectivity index (χ0n) is 20.4. The number of amides is 1. The Morgan fingerprint density at radius 1 is 0.833 bits per heavy atom. The Morgan fingerprint density at radius 3 is 2.11 bits per heavy atom. The summed E-state index contributed by atoms with van der Waals surface area (Å²) in [6.07, 6.45) is 2.88. The lowest BCUT2D eigenvalue weighted by molar-refractivity contribution is 0.0634. The second-order valence-electron chi connectivity index (χ2n) is 8.92. The van der Waals surface area contributed by atoms with Crippen molar-refractivity contribution in [2.75, 3.05) is 11.1 Å². The SMILES string of the molecule is CC(C)(C)OC(=O)Nc1ccc(-c2ccccc2)cc1N.O=C(O)c1cccc(-c2cccnc2)c1. The number of nitrogens with one attached hydrogen (secondary N) is 1. The van der Waals surface area contributed by atoms with Crippen LogP contribution in [-0.4, -0.2) is 27.8 Å². The smallest absolute Gasteiger partial charge is 0.412 e. The van der Waals surface area contributed by atoms with Gasteiger partial charge in [0.2, 0.25) is 0 Å². The average Bonchev–Trinajstić information content (AvgIpc) is 2.86. The molecule has 0 spiro atoms. The van der Waals surface area contributed by atoms with Crippen LogP contribution in [0.3, 0.4) is 0 Å². The molecule has 184 valence electrons. The molecule has 7 heteroatoms. The first-order valence-electron chi connectivity index (χ1n) is 11.3. The molecule has 1 heterocycles. The van der Waals surface area contributed by atoms with E-state index in [1.165, 1.54) is 0 Å². The third-order valence-electron chi connectivity index (χ3n) is 4.90. The number of benzene rings is 3. The number of carbonyl (C=O) groups excluding carboxylic acids is 1. The van der Waals surface area contributed by atoms with Gasteiger partial charge < -0.3 is 15.6 Å². The molecular formula is C29H29N3O4. The first-order valence-corrected chi connectivity index (χ1v) is 11.3. The van der Waals surface area contributed by atoms with Crippen molar-refractivity contribution < 1.29 is 19.4 Å². The number of aromatic nitrogens is 1. The fraction of sp³-hybridized carbons (Fsp3) is 0.138. The van der Waals surface area contributed by atoms with Crippen LogP contribution in [0.15, 0.2) is 97.3 Å². The second-order valence-corrected chi connectivity index (χ2v) is 8.92. The minimum Gasteiger partial charge on any atom is -0.478 e. The van der Waals surface area contributed by atoms with Crippen molar-refractivity contribution in [1.29, 1.82) is 0 Å². The highest BCUT2D eigenvalue weighted by Gasteiger charge is 2.17. The van der Waals surface area contributed by atoms with Crippen LogP contribution in [-0.2, 0) is 4.74 Å². The van der Waals surface area contributed by atoms with Crippen LogP contribution in [0.2, 0.25) is 0 Å². The number of carboxylic acid groups (broad SMARTS) is 1. The lowest BCUT2D eigenvalue weighted by atomic mass is 10.0. The lowest BCUT2D eigenvalue weighted by Gasteiger charge is -2.20. The number of anilines is 2. The van der Waals surface area contributed by atoms with Crippen molar-refractivity contribution in [2.24, 2.45) is 0 Å². The predicted molar refractivity (Wildman–Crippen MR) is 143 cm³/mol. The molecule has 4 rings (SSSR count). The Kier molecular flexibility index (Phi) is 8.41. The number of hydrogen-bond acceptors (Lipinski definition) is 5. The summed E-state index contributed by atoms with van der Waals surface area (Å²) in [5, 5.41) is 11.5. The molecule has 1 amide bonds. The number of carbonyl (C=O) groups is 2. The molecule has 4 N–H and O–H groups in total. The maximum Gasteiger partial charge on any atom is 0.412 e. The number of hydrogen-bond donors (Lipinski definition) is 3. The van der Waals surface area contributed by atoms with Gasteiger partial charge in [-0.05, 0) is 67.8 Å². The maximum absolute atomic E-state index is 11.7. The van der Waals surface area contributed by atoms with Gasteiger partial charge in [0.05, 0.1) is 16.9 Å². The van der Waals surface area contributed by atoms with Crippen molar-refractivity contribution >= 4 is 23.4 Å². The number of nitrogens with two attached hydrogens (primary N) is 1. The third kappa shape index (κ3) is 7.70. The first-order chi connectivity index (χ1) is 17.1. The van der Waals surface area contributed by atoms with Crippen molar-refractivity contribution in [3.8, 4) is 22.3 Å². The third-order valence-corrected chi connectivity index (χ3v) is 4.90. The van der Waals surface area contributed by atoms with Gasteiger partial charge in [-0.25, -0.2) is 9.59 Å². The number of nitrogens with zero attached hydrogens (tertiary/aromatic N) is 1. The van der Waals surface area contributed by atoms with E-state index in [4.69, 9.17) is 15.6 Å². The van der Waals surface area contributed by atoms with E-state index in [2.05, 4.69) is 10.3 Å². The molecule has 0 aliphatic carbocycles. The molecule has 0 aliphatic rings. The largest absolute Gasteiger partial charge is 0.478 e. The fourth-order valence-corrected chi connectivity index (χ4v) is 3.27. The zero-order valence-corrected chi connectivity index (χ0v) is 20.4. The zero-order chi connectivity index (χ0) is 26.1. The van der Waals surface area contributed by atoms with Gasteiger partial charge in [0.1, 0.15) is 5.60 Å². The minimum absolute atomic E-state index is 0.288. The molecule has 0 saturated carbocycles. The summed E-state index contributed by atoms with van der Waals surface area (Å²) in [5.74, 6) is -0.916. The molecule has 0 atom stereocenters. The van der Waals surface area contributed by atoms with Crippen LogP contribution in [0, 0.1) is 0 Å². The van der Waals surface area contributed by atoms with Gasteiger partial charge in [0.15, 0.2) is 0 Å². The summed E-state index contributed by atoms with van der Waals surface area (Å²) in [4.78, 5) is 26.5. The van der Waals surface area contributed by atoms with E-state index >= 15 is 0 Å². The van der Waals surface area contributed by atoms with Crippen LogP contribution in [0.5, 0.6) is 0 Å². The van der Waals surface area contributed by atoms with E-state index in [9.17, 15) is 9.59 Å². The van der Waals surface area contributed by atoms with Gasteiger partial charge in [0.25, 0.3) is 0 Å². The number of carboxylic acids is 1. The van der Waals surface area contributed by atoms with Crippen LogP contribution >= 0.6 is 0 Å². The number of nitrogen functional groups attached to an aromatic ring is 1. The van der Waals surface area contributed by atoms with E-state index < -0.39 is 17.7 Å². The highest BCUT2D eigenvalue weighted by Crippen LogP contribution is 2.27. The van der Waals surface area contributed by atoms with Crippen molar-refractivity contribution in [3.05, 3.63) is 103 Å². The van der Waals surface area contributed by atoms with Crippen molar-refractivity contribution in [3.63, 3.8) is 0 Å². The Morgan fingerprint density at radius 2 is 1.50 bits per heavy atom.